The summed E-state index contributed by atoms with van der Waals surface area (Å²) in [5, 5.41) is 175. The van der Waals surface area contributed by atoms with Crippen LogP contribution in [-0.4, -0.2) is 254 Å². The minimum atomic E-state index is -1.88. The van der Waals surface area contributed by atoms with E-state index in [0.717, 1.165) is 0 Å². The van der Waals surface area contributed by atoms with E-state index in [0.29, 0.717) is 32.1 Å². The van der Waals surface area contributed by atoms with Crippen LogP contribution in [0.25, 0.3) is 0 Å². The summed E-state index contributed by atoms with van der Waals surface area (Å²) in [4.78, 5) is 0. The van der Waals surface area contributed by atoms with E-state index in [4.69, 9.17) is 37.9 Å². The van der Waals surface area contributed by atoms with Gasteiger partial charge in [0, 0.05) is 0 Å². The number of fused-ring (bicyclic) bond motifs is 5. The molecule has 4 heterocycles. The van der Waals surface area contributed by atoms with Crippen LogP contribution in [0.5, 0.6) is 0 Å². The summed E-state index contributed by atoms with van der Waals surface area (Å²) in [5.41, 5.74) is -4.96. The number of ether oxygens (including phenoxy) is 8. The van der Waals surface area contributed by atoms with Gasteiger partial charge in [0.05, 0.1) is 55.9 Å². The lowest BCUT2D eigenvalue weighted by Crippen LogP contribution is -2.70. The fraction of sp³-hybridized carbons (Fsp3) is 0.962. The van der Waals surface area contributed by atoms with Crippen LogP contribution in [0.2, 0.25) is 0 Å². The van der Waals surface area contributed by atoms with Crippen LogP contribution >= 0.6 is 0 Å². The molecule has 4 aliphatic carbocycles. The monoisotopic (exact) mass is 1110 g/mol. The van der Waals surface area contributed by atoms with E-state index in [1.165, 1.54) is 0 Å². The molecule has 0 aromatic rings. The molecule has 0 amide bonds. The molecule has 0 radical (unpaired) electrons. The van der Waals surface area contributed by atoms with E-state index in [1.807, 2.05) is 20.8 Å². The Kier molecular flexibility index (Phi) is 18.3. The molecule has 8 aliphatic rings. The quantitative estimate of drug-likeness (QED) is 0.0556. The number of hydrogen-bond donors (Lipinski definition) is 16. The molecule has 77 heavy (non-hydrogen) atoms. The van der Waals surface area contributed by atoms with E-state index in [-0.39, 0.29) is 31.3 Å². The second-order valence-corrected chi connectivity index (χ2v) is 25.9. The van der Waals surface area contributed by atoms with Gasteiger partial charge < -0.3 is 120 Å². The van der Waals surface area contributed by atoms with Gasteiger partial charge in [-0.15, -0.1) is 0 Å². The molecule has 4 saturated carbocycles. The number of aliphatic hydroxyl groups is 16. The predicted molar refractivity (Wildman–Crippen MR) is 263 cm³/mol. The van der Waals surface area contributed by atoms with E-state index in [9.17, 15) is 81.7 Å². The Balaban J connectivity index is 1.03. The highest BCUT2D eigenvalue weighted by Crippen LogP contribution is 2.76. The molecule has 4 unspecified atom stereocenters. The number of rotatable bonds is 15. The van der Waals surface area contributed by atoms with Gasteiger partial charge in [0.15, 0.2) is 25.2 Å². The third kappa shape index (κ3) is 11.0. The van der Waals surface area contributed by atoms with Gasteiger partial charge in [-0.25, -0.2) is 0 Å². The van der Waals surface area contributed by atoms with Gasteiger partial charge in [0.25, 0.3) is 0 Å². The first-order valence-electron chi connectivity index (χ1n) is 27.4. The lowest BCUT2D eigenvalue weighted by Gasteiger charge is -2.71. The van der Waals surface area contributed by atoms with Gasteiger partial charge in [0.2, 0.25) is 0 Å². The fourth-order valence-corrected chi connectivity index (χ4v) is 16.0. The van der Waals surface area contributed by atoms with Crippen molar-refractivity contribution < 1.29 is 120 Å². The van der Waals surface area contributed by atoms with Crippen LogP contribution in [0.4, 0.5) is 0 Å². The first-order valence-corrected chi connectivity index (χ1v) is 27.4. The third-order valence-electron chi connectivity index (χ3n) is 20.3. The molecular weight excluding hydrogens is 1020 g/mol. The molecule has 4 saturated heterocycles. The zero-order valence-corrected chi connectivity index (χ0v) is 45.4. The Hall–Kier alpha value is -1.22. The fourth-order valence-electron chi connectivity index (χ4n) is 16.0. The van der Waals surface area contributed by atoms with Crippen LogP contribution in [0, 0.1) is 45.3 Å². The Morgan fingerprint density at radius 2 is 1.13 bits per heavy atom. The minimum absolute atomic E-state index is 0.155. The average molecular weight is 1110 g/mol. The molecule has 24 heteroatoms. The highest BCUT2D eigenvalue weighted by Gasteiger charge is 2.73. The molecule has 446 valence electrons. The molecule has 0 spiro atoms. The molecule has 8 rings (SSSR count). The summed E-state index contributed by atoms with van der Waals surface area (Å²) in [6.45, 7) is 13.3. The van der Waals surface area contributed by atoms with Crippen molar-refractivity contribution >= 4 is 0 Å². The standard InChI is InChI=1S/C53H90O24/c1-48(2,69)12-9-13-53(8,77-46-41(68)37(64)35(62)28(74-46)21-71-44-39(66)32(59)25(58)20-70-44)22-10-14-52(7)31(22)23(56)16-30-50(5)17-24(57)43(49(3,4)29(50)11-15-51(30,52)6)76-47-42(38(65)34(61)27(19-55)73-47)75-45-40(67)36(63)33(60)26(18-54)72-45/h9,12,22-47,54-69H,10-11,13-21H2,1-8H3/b12-9+/t22-,23+,24+,25+,26+,27+,28+,29?,30?,31?,32-,33+,34+,35+,36-,37-,38-,39+,40+,41+,42+,43-,44-,45-,46-,47-,50-,51+,52+,53?/m0/s1. The molecule has 0 bridgehead atoms. The summed E-state index contributed by atoms with van der Waals surface area (Å²) in [5.74, 6) is -1.14. The van der Waals surface area contributed by atoms with E-state index >= 15 is 0 Å². The molecule has 0 aromatic carbocycles. The van der Waals surface area contributed by atoms with Gasteiger partial charge in [-0.3, -0.25) is 0 Å². The topological polar surface area (TPSA) is 398 Å². The van der Waals surface area contributed by atoms with Gasteiger partial charge in [-0.2, -0.15) is 0 Å². The SMILES string of the molecule is CC(C)(O)/C=C/CC(C)(O[C@@H]1O[C@H](CO[C@@H]2OC[C@@H](O)[C@H](O)[C@H]2O)[C@@H](O)[C@H](O)[C@H]1O)[C@H]1CC[C@]2(C)C1[C@H](O)CC1[C@@]3(C)C[C@@H](O)[C@H](O[C@@H]4O[C@H](CO)[C@@H](O)[C@H](O)[C@H]4O[C@@H]4O[C@H](CO)[C@@H](O)[C@H](O)[C@H]4O)C(C)(C)C3CC[C@]12C. The maximum atomic E-state index is 12.8. The Bertz CT molecular complexity index is 2010. The second kappa shape index (κ2) is 22.7. The van der Waals surface area contributed by atoms with E-state index in [1.54, 1.807) is 26.0 Å². The van der Waals surface area contributed by atoms with Crippen LogP contribution in [0.1, 0.15) is 100 Å². The summed E-state index contributed by atoms with van der Waals surface area (Å²) in [6.07, 6.45) is -27.3. The average Bonchev–Trinajstić information content (AvgIpc) is 4.01. The third-order valence-corrected chi connectivity index (χ3v) is 20.3. The van der Waals surface area contributed by atoms with Crippen LogP contribution in [0.15, 0.2) is 12.2 Å². The molecule has 0 aromatic heterocycles. The van der Waals surface area contributed by atoms with Crippen molar-refractivity contribution in [3.8, 4) is 0 Å². The van der Waals surface area contributed by atoms with Crippen molar-refractivity contribution in [2.24, 2.45) is 45.3 Å². The maximum absolute atomic E-state index is 12.8. The zero-order chi connectivity index (χ0) is 56.9. The molecular formula is C53H90O24. The normalized spacial score (nSPS) is 53.1. The maximum Gasteiger partial charge on any atom is 0.187 e. The van der Waals surface area contributed by atoms with Crippen molar-refractivity contribution in [1.82, 2.24) is 0 Å². The Labute approximate surface area is 449 Å². The molecule has 8 fully saturated rings. The highest BCUT2D eigenvalue weighted by atomic mass is 16.8. The summed E-state index contributed by atoms with van der Waals surface area (Å²) >= 11 is 0. The molecule has 30 atom stereocenters. The van der Waals surface area contributed by atoms with Crippen molar-refractivity contribution in [1.29, 1.82) is 0 Å². The Morgan fingerprint density at radius 3 is 1.75 bits per heavy atom. The Morgan fingerprint density at radius 1 is 0.571 bits per heavy atom. The molecule has 16 N–H and O–H groups in total. The van der Waals surface area contributed by atoms with Crippen molar-refractivity contribution in [2.75, 3.05) is 26.4 Å². The van der Waals surface area contributed by atoms with Crippen molar-refractivity contribution in [3.63, 3.8) is 0 Å². The van der Waals surface area contributed by atoms with E-state index in [2.05, 4.69) is 20.8 Å². The number of hydrogen-bond acceptors (Lipinski definition) is 24. The molecule has 24 nitrogen and oxygen atoms in total. The van der Waals surface area contributed by atoms with Gasteiger partial charge >= 0.3 is 0 Å². The lowest BCUT2D eigenvalue weighted by molar-refractivity contribution is -0.383. The molecule has 4 aliphatic heterocycles. The largest absolute Gasteiger partial charge is 0.394 e. The minimum Gasteiger partial charge on any atom is -0.394 e. The predicted octanol–water partition coefficient (Wildman–Crippen LogP) is -3.62. The highest BCUT2D eigenvalue weighted by molar-refractivity contribution is 5.22. The van der Waals surface area contributed by atoms with Gasteiger partial charge in [0.1, 0.15) is 91.6 Å². The first kappa shape index (κ1) is 61.8. The van der Waals surface area contributed by atoms with Crippen molar-refractivity contribution in [2.45, 2.75) is 247 Å². The van der Waals surface area contributed by atoms with Crippen LogP contribution < -0.4 is 0 Å². The second-order valence-electron chi connectivity index (χ2n) is 25.9. The first-order chi connectivity index (χ1) is 35.8. The van der Waals surface area contributed by atoms with Gasteiger partial charge in [-0.1, -0.05) is 46.8 Å². The van der Waals surface area contributed by atoms with Crippen LogP contribution in [-0.2, 0) is 37.9 Å². The van der Waals surface area contributed by atoms with Gasteiger partial charge in [-0.05, 0) is 111 Å². The summed E-state index contributed by atoms with van der Waals surface area (Å²) < 4.78 is 48.3. The smallest absolute Gasteiger partial charge is 0.187 e. The summed E-state index contributed by atoms with van der Waals surface area (Å²) in [7, 11) is 0. The van der Waals surface area contributed by atoms with Crippen molar-refractivity contribution in [3.05, 3.63) is 12.2 Å². The van der Waals surface area contributed by atoms with E-state index < -0.39 is 200 Å². The lowest BCUT2D eigenvalue weighted by atomic mass is 9.35. The number of aliphatic hydroxyl groups excluding tert-OH is 15. The summed E-state index contributed by atoms with van der Waals surface area (Å²) in [6, 6.07) is 0. The zero-order valence-electron chi connectivity index (χ0n) is 45.4. The van der Waals surface area contributed by atoms with Crippen LogP contribution in [0.3, 0.4) is 0 Å².